The zero-order chi connectivity index (χ0) is 26.2. The molecule has 0 bridgehead atoms. The van der Waals surface area contributed by atoms with Crippen LogP contribution in [0.5, 0.6) is 11.5 Å². The third-order valence-electron chi connectivity index (χ3n) is 7.05. The highest BCUT2D eigenvalue weighted by Crippen LogP contribution is 2.49. The molecule has 0 amide bonds. The number of halogens is 1. The maximum atomic E-state index is 5.47. The predicted octanol–water partition coefficient (Wildman–Crippen LogP) is 7.21. The Morgan fingerprint density at radius 2 is 1.55 bits per heavy atom. The van der Waals surface area contributed by atoms with Crippen molar-refractivity contribution in [2.24, 2.45) is 4.99 Å². The molecule has 38 heavy (non-hydrogen) atoms. The number of ether oxygens (including phenoxy) is 2. The number of methoxy groups -OCH3 is 2. The van der Waals surface area contributed by atoms with E-state index >= 15 is 0 Å². The molecule has 192 valence electrons. The molecule has 0 fully saturated rings. The summed E-state index contributed by atoms with van der Waals surface area (Å²) < 4.78 is 11.9. The average Bonchev–Trinajstić information content (AvgIpc) is 3.36. The largest absolute Gasteiger partial charge is 0.497 e. The SMILES string of the molecule is COc1ccc(/C=C2\CN(C)CC3=C2N=C2SC=C(c4ccc(Br)cc4)N2[C@H]3c2ccc(OC)cc2)cc1. The van der Waals surface area contributed by atoms with E-state index in [1.54, 1.807) is 26.0 Å². The lowest BCUT2D eigenvalue weighted by molar-refractivity contribution is 0.344. The van der Waals surface area contributed by atoms with Crippen LogP contribution in [-0.4, -0.2) is 49.3 Å². The minimum absolute atomic E-state index is 0.0234. The third kappa shape index (κ3) is 4.70. The number of benzene rings is 3. The summed E-state index contributed by atoms with van der Waals surface area (Å²) in [5, 5.41) is 3.24. The van der Waals surface area contributed by atoms with Crippen molar-refractivity contribution in [1.29, 1.82) is 0 Å². The lowest BCUT2D eigenvalue weighted by atomic mass is 9.88. The maximum absolute atomic E-state index is 5.47. The van der Waals surface area contributed by atoms with Gasteiger partial charge in [-0.1, -0.05) is 64.1 Å². The molecule has 0 N–H and O–H groups in total. The number of fused-ring (bicyclic) bond motifs is 1. The van der Waals surface area contributed by atoms with Gasteiger partial charge in [0, 0.05) is 23.0 Å². The van der Waals surface area contributed by atoms with Gasteiger partial charge in [-0.25, -0.2) is 4.99 Å². The summed E-state index contributed by atoms with van der Waals surface area (Å²) in [5.41, 5.74) is 8.33. The summed E-state index contributed by atoms with van der Waals surface area (Å²) in [6, 6.07) is 25.2. The van der Waals surface area contributed by atoms with Crippen molar-refractivity contribution >= 4 is 44.6 Å². The number of amidine groups is 1. The molecule has 0 radical (unpaired) electrons. The van der Waals surface area contributed by atoms with E-state index in [9.17, 15) is 0 Å². The molecule has 0 saturated heterocycles. The second-order valence-corrected chi connectivity index (χ2v) is 11.3. The molecular weight excluding hydrogens is 558 g/mol. The van der Waals surface area contributed by atoms with Gasteiger partial charge in [-0.15, -0.1) is 0 Å². The van der Waals surface area contributed by atoms with Gasteiger partial charge in [0.2, 0.25) is 0 Å². The van der Waals surface area contributed by atoms with Crippen molar-refractivity contribution in [2.45, 2.75) is 6.04 Å². The highest BCUT2D eigenvalue weighted by Gasteiger charge is 2.41. The van der Waals surface area contributed by atoms with Crippen LogP contribution in [0.3, 0.4) is 0 Å². The number of aliphatic imine (C=N–C) groups is 1. The first-order valence-corrected chi connectivity index (χ1v) is 14.1. The minimum atomic E-state index is 0.0234. The molecule has 3 aliphatic rings. The lowest BCUT2D eigenvalue weighted by Crippen LogP contribution is -2.40. The van der Waals surface area contributed by atoms with Gasteiger partial charge in [-0.3, -0.25) is 4.90 Å². The quantitative estimate of drug-likeness (QED) is 0.316. The first kappa shape index (κ1) is 25.0. The molecule has 0 aliphatic carbocycles. The molecule has 3 aliphatic heterocycles. The molecule has 3 aromatic rings. The summed E-state index contributed by atoms with van der Waals surface area (Å²) in [6.07, 6.45) is 2.26. The molecule has 3 aromatic carbocycles. The Balaban J connectivity index is 1.48. The van der Waals surface area contributed by atoms with E-state index in [0.717, 1.165) is 45.5 Å². The summed E-state index contributed by atoms with van der Waals surface area (Å²) in [5.74, 6) is 1.71. The molecule has 3 heterocycles. The van der Waals surface area contributed by atoms with Crippen LogP contribution in [-0.2, 0) is 0 Å². The van der Waals surface area contributed by atoms with E-state index in [2.05, 4.69) is 92.8 Å². The molecule has 0 aromatic heterocycles. The molecular formula is C31H28BrN3O2S. The van der Waals surface area contributed by atoms with Gasteiger partial charge >= 0.3 is 0 Å². The van der Waals surface area contributed by atoms with Crippen LogP contribution < -0.4 is 9.47 Å². The van der Waals surface area contributed by atoms with Gasteiger partial charge in [-0.2, -0.15) is 0 Å². The van der Waals surface area contributed by atoms with E-state index in [0.29, 0.717) is 0 Å². The Hall–Kier alpha value is -3.26. The number of thioether (sulfide) groups is 1. The number of nitrogens with zero attached hydrogens (tertiary/aromatic N) is 3. The Morgan fingerprint density at radius 3 is 2.21 bits per heavy atom. The number of hydrogen-bond acceptors (Lipinski definition) is 6. The van der Waals surface area contributed by atoms with Gasteiger partial charge in [0.15, 0.2) is 5.17 Å². The lowest BCUT2D eigenvalue weighted by Gasteiger charge is -2.42. The van der Waals surface area contributed by atoms with Gasteiger partial charge in [0.05, 0.1) is 31.7 Å². The van der Waals surface area contributed by atoms with Crippen LogP contribution in [0.2, 0.25) is 0 Å². The topological polar surface area (TPSA) is 37.3 Å². The Bertz CT molecular complexity index is 1480. The van der Waals surface area contributed by atoms with E-state index in [4.69, 9.17) is 14.5 Å². The fourth-order valence-corrected chi connectivity index (χ4v) is 6.43. The van der Waals surface area contributed by atoms with Gasteiger partial charge in [-0.05, 0) is 77.4 Å². The van der Waals surface area contributed by atoms with Crippen molar-refractivity contribution in [3.63, 3.8) is 0 Å². The van der Waals surface area contributed by atoms with Crippen LogP contribution in [0.15, 0.2) is 105 Å². The molecule has 7 heteroatoms. The van der Waals surface area contributed by atoms with Crippen molar-refractivity contribution < 1.29 is 9.47 Å². The monoisotopic (exact) mass is 585 g/mol. The maximum Gasteiger partial charge on any atom is 0.174 e. The van der Waals surface area contributed by atoms with Crippen molar-refractivity contribution in [1.82, 2.24) is 9.80 Å². The first-order chi connectivity index (χ1) is 18.5. The second-order valence-electron chi connectivity index (χ2n) is 9.56. The van der Waals surface area contributed by atoms with E-state index in [1.165, 1.54) is 28.0 Å². The third-order valence-corrected chi connectivity index (χ3v) is 8.42. The first-order valence-electron chi connectivity index (χ1n) is 12.5. The van der Waals surface area contributed by atoms with Crippen molar-refractivity contribution in [3.8, 4) is 11.5 Å². The highest BCUT2D eigenvalue weighted by molar-refractivity contribution is 9.10. The van der Waals surface area contributed by atoms with Crippen LogP contribution >= 0.6 is 27.7 Å². The molecule has 0 unspecified atom stereocenters. The summed E-state index contributed by atoms with van der Waals surface area (Å²) in [6.45, 7) is 1.69. The Morgan fingerprint density at radius 1 is 0.895 bits per heavy atom. The van der Waals surface area contributed by atoms with Crippen LogP contribution in [0, 0.1) is 0 Å². The zero-order valence-corrected chi connectivity index (χ0v) is 23.9. The molecule has 1 atom stereocenters. The molecule has 0 saturated carbocycles. The second kappa shape index (κ2) is 10.5. The smallest absolute Gasteiger partial charge is 0.174 e. The number of hydrogen-bond donors (Lipinski definition) is 0. The summed E-state index contributed by atoms with van der Waals surface area (Å²) in [4.78, 5) is 10.1. The summed E-state index contributed by atoms with van der Waals surface area (Å²) >= 11 is 5.27. The van der Waals surface area contributed by atoms with E-state index < -0.39 is 0 Å². The fourth-order valence-electron chi connectivity index (χ4n) is 5.24. The van der Waals surface area contributed by atoms with Crippen LogP contribution in [0.25, 0.3) is 11.8 Å². The highest BCUT2D eigenvalue weighted by atomic mass is 79.9. The fraction of sp³-hybridized carbons (Fsp3) is 0.194. The van der Waals surface area contributed by atoms with Crippen LogP contribution in [0.4, 0.5) is 0 Å². The Kier molecular flexibility index (Phi) is 6.91. The zero-order valence-electron chi connectivity index (χ0n) is 21.5. The minimum Gasteiger partial charge on any atom is -0.497 e. The van der Waals surface area contributed by atoms with Gasteiger partial charge < -0.3 is 14.4 Å². The Labute approximate surface area is 236 Å². The van der Waals surface area contributed by atoms with Gasteiger partial charge in [0.1, 0.15) is 11.5 Å². The van der Waals surface area contributed by atoms with E-state index in [1.807, 2.05) is 24.3 Å². The number of likely N-dealkylation sites (N-methyl/N-ethyl adjacent to an activating group) is 1. The molecule has 5 nitrogen and oxygen atoms in total. The van der Waals surface area contributed by atoms with Crippen LogP contribution in [0.1, 0.15) is 22.7 Å². The van der Waals surface area contributed by atoms with Gasteiger partial charge in [0.25, 0.3) is 0 Å². The standard InChI is InChI=1S/C31H28BrN3O2S/c1-34-17-23(16-20-4-12-25(36-2)13-5-20)29-27(18-34)30(22-8-14-26(37-3)15-9-22)35-28(19-38-31(35)33-29)21-6-10-24(32)11-7-21/h4-16,19,30H,17-18H2,1-3H3/b23-16+/t30-/m0/s1. The van der Waals surface area contributed by atoms with Crippen molar-refractivity contribution in [2.75, 3.05) is 34.4 Å². The summed E-state index contributed by atoms with van der Waals surface area (Å²) in [7, 11) is 5.58. The molecule has 6 rings (SSSR count). The predicted molar refractivity (Wildman–Crippen MR) is 160 cm³/mol. The molecule has 0 spiro atoms. The average molecular weight is 587 g/mol. The van der Waals surface area contributed by atoms with E-state index in [-0.39, 0.29) is 6.04 Å². The van der Waals surface area contributed by atoms with Crippen molar-refractivity contribution in [3.05, 3.63) is 116 Å². The normalized spacial score (nSPS) is 20.2. The number of rotatable bonds is 5.